The lowest BCUT2D eigenvalue weighted by molar-refractivity contribution is -0.139. The van der Waals surface area contributed by atoms with Crippen molar-refractivity contribution in [1.82, 2.24) is 10.6 Å². The van der Waals surface area contributed by atoms with E-state index in [1.807, 2.05) is 19.9 Å². The van der Waals surface area contributed by atoms with Crippen LogP contribution in [0.1, 0.15) is 49.5 Å². The Morgan fingerprint density at radius 1 is 1.25 bits per heavy atom. The fourth-order valence-corrected chi connectivity index (χ4v) is 2.36. The zero-order valence-corrected chi connectivity index (χ0v) is 14.7. The van der Waals surface area contributed by atoms with Gasteiger partial charge in [-0.05, 0) is 37.0 Å². The third kappa shape index (κ3) is 5.68. The molecule has 1 atom stereocenters. The molecule has 0 saturated carbocycles. The van der Waals surface area contributed by atoms with Crippen molar-refractivity contribution in [1.29, 1.82) is 0 Å². The molecule has 0 aromatic heterocycles. The first-order valence-corrected chi connectivity index (χ1v) is 8.01. The molecule has 132 valence electrons. The highest BCUT2D eigenvalue weighted by Crippen LogP contribution is 2.21. The van der Waals surface area contributed by atoms with Gasteiger partial charge in [-0.3, -0.25) is 14.4 Å². The molecule has 0 radical (unpaired) electrons. The third-order valence-corrected chi connectivity index (χ3v) is 4.27. The number of carboxylic acid groups (broad SMARTS) is 1. The summed E-state index contributed by atoms with van der Waals surface area (Å²) in [7, 11) is 1.57. The lowest BCUT2D eigenvalue weighted by Crippen LogP contribution is -2.51. The van der Waals surface area contributed by atoms with E-state index >= 15 is 0 Å². The van der Waals surface area contributed by atoms with Crippen LogP contribution < -0.4 is 10.6 Å². The van der Waals surface area contributed by atoms with Gasteiger partial charge in [-0.1, -0.05) is 26.0 Å². The van der Waals surface area contributed by atoms with Gasteiger partial charge >= 0.3 is 5.97 Å². The molecule has 0 heterocycles. The molecule has 3 N–H and O–H groups in total. The number of hydrogen-bond acceptors (Lipinski definition) is 3. The first kappa shape index (κ1) is 19.7. The number of carbonyl (C=O) groups excluding carboxylic acids is 2. The number of hydrogen-bond donors (Lipinski definition) is 3. The van der Waals surface area contributed by atoms with E-state index in [0.29, 0.717) is 12.0 Å². The molecule has 6 nitrogen and oxygen atoms in total. The van der Waals surface area contributed by atoms with Crippen LogP contribution in [0.5, 0.6) is 0 Å². The van der Waals surface area contributed by atoms with Crippen LogP contribution in [-0.4, -0.2) is 35.5 Å². The maximum absolute atomic E-state index is 12.2. The van der Waals surface area contributed by atoms with Crippen molar-refractivity contribution in [3.63, 3.8) is 0 Å². The average molecular weight is 334 g/mol. The SMILES string of the molecule is CNC(=O)c1cccc(CCC(=O)NC(C)(CC(=O)O)C(C)C)c1. The van der Waals surface area contributed by atoms with Crippen molar-refractivity contribution in [2.75, 3.05) is 7.05 Å². The van der Waals surface area contributed by atoms with E-state index < -0.39 is 11.5 Å². The molecule has 6 heteroatoms. The zero-order chi connectivity index (χ0) is 18.3. The normalized spacial score (nSPS) is 13.2. The molecule has 0 fully saturated rings. The quantitative estimate of drug-likeness (QED) is 0.677. The maximum Gasteiger partial charge on any atom is 0.305 e. The van der Waals surface area contributed by atoms with Gasteiger partial charge < -0.3 is 15.7 Å². The molecule has 1 rings (SSSR count). The number of aliphatic carboxylic acids is 1. The molecule has 0 aliphatic rings. The lowest BCUT2D eigenvalue weighted by atomic mass is 9.85. The molecular formula is C18H26N2O4. The molecule has 0 aliphatic heterocycles. The lowest BCUT2D eigenvalue weighted by Gasteiger charge is -2.33. The number of amides is 2. The van der Waals surface area contributed by atoms with Gasteiger partial charge in [0.25, 0.3) is 5.91 Å². The average Bonchev–Trinajstić information content (AvgIpc) is 2.51. The topological polar surface area (TPSA) is 95.5 Å². The second-order valence-electron chi connectivity index (χ2n) is 6.47. The zero-order valence-electron chi connectivity index (χ0n) is 14.7. The van der Waals surface area contributed by atoms with E-state index in [1.165, 1.54) is 0 Å². The number of aryl methyl sites for hydroxylation is 1. The summed E-state index contributed by atoms with van der Waals surface area (Å²) in [6.07, 6.45) is 0.597. The molecule has 1 aromatic rings. The first-order chi connectivity index (χ1) is 11.2. The Bertz CT molecular complexity index is 613. The van der Waals surface area contributed by atoms with E-state index in [-0.39, 0.29) is 30.6 Å². The number of benzene rings is 1. The summed E-state index contributed by atoms with van der Waals surface area (Å²) in [5, 5.41) is 14.4. The highest BCUT2D eigenvalue weighted by Gasteiger charge is 2.32. The Kier molecular flexibility index (Phi) is 6.95. The molecule has 1 aromatic carbocycles. The Morgan fingerprint density at radius 2 is 1.92 bits per heavy atom. The molecule has 2 amide bonds. The standard InChI is InChI=1S/C18H26N2O4/c1-12(2)18(3,11-16(22)23)20-15(21)9-8-13-6-5-7-14(10-13)17(24)19-4/h5-7,10,12H,8-9,11H2,1-4H3,(H,19,24)(H,20,21)(H,22,23). The number of rotatable bonds is 8. The van der Waals surface area contributed by atoms with E-state index in [4.69, 9.17) is 5.11 Å². The second-order valence-corrected chi connectivity index (χ2v) is 6.47. The fourth-order valence-electron chi connectivity index (χ4n) is 2.36. The van der Waals surface area contributed by atoms with Crippen LogP contribution in [-0.2, 0) is 16.0 Å². The molecular weight excluding hydrogens is 308 g/mol. The summed E-state index contributed by atoms with van der Waals surface area (Å²) in [5.41, 5.74) is 0.649. The highest BCUT2D eigenvalue weighted by molar-refractivity contribution is 5.94. The van der Waals surface area contributed by atoms with Crippen LogP contribution in [0.2, 0.25) is 0 Å². The van der Waals surface area contributed by atoms with Gasteiger partial charge in [0.15, 0.2) is 0 Å². The maximum atomic E-state index is 12.2. The van der Waals surface area contributed by atoms with Gasteiger partial charge in [-0.2, -0.15) is 0 Å². The predicted octanol–water partition coefficient (Wildman–Crippen LogP) is 1.98. The van der Waals surface area contributed by atoms with Gasteiger partial charge in [-0.25, -0.2) is 0 Å². The van der Waals surface area contributed by atoms with Gasteiger partial charge in [0.05, 0.1) is 6.42 Å². The Labute approximate surface area is 142 Å². The summed E-state index contributed by atoms with van der Waals surface area (Å²) in [6, 6.07) is 7.11. The van der Waals surface area contributed by atoms with Crippen molar-refractivity contribution in [3.8, 4) is 0 Å². The van der Waals surface area contributed by atoms with Crippen molar-refractivity contribution in [2.24, 2.45) is 5.92 Å². The van der Waals surface area contributed by atoms with Crippen LogP contribution in [0.3, 0.4) is 0 Å². The number of carbonyl (C=O) groups is 3. The smallest absolute Gasteiger partial charge is 0.305 e. The Hall–Kier alpha value is -2.37. The summed E-state index contributed by atoms with van der Waals surface area (Å²) in [5.74, 6) is -1.31. The summed E-state index contributed by atoms with van der Waals surface area (Å²) in [4.78, 5) is 34.9. The number of carboxylic acids is 1. The summed E-state index contributed by atoms with van der Waals surface area (Å²) < 4.78 is 0. The number of nitrogens with one attached hydrogen (secondary N) is 2. The molecule has 0 spiro atoms. The third-order valence-electron chi connectivity index (χ3n) is 4.27. The molecule has 0 saturated heterocycles. The van der Waals surface area contributed by atoms with Crippen LogP contribution in [0.4, 0.5) is 0 Å². The summed E-state index contributed by atoms with van der Waals surface area (Å²) in [6.45, 7) is 5.52. The Morgan fingerprint density at radius 3 is 2.46 bits per heavy atom. The predicted molar refractivity (Wildman–Crippen MR) is 91.8 cm³/mol. The fraction of sp³-hybridized carbons (Fsp3) is 0.500. The first-order valence-electron chi connectivity index (χ1n) is 8.01. The minimum Gasteiger partial charge on any atom is -0.481 e. The summed E-state index contributed by atoms with van der Waals surface area (Å²) >= 11 is 0. The molecule has 24 heavy (non-hydrogen) atoms. The van der Waals surface area contributed by atoms with Gasteiger partial charge in [-0.15, -0.1) is 0 Å². The minimum atomic E-state index is -0.940. The van der Waals surface area contributed by atoms with Crippen molar-refractivity contribution >= 4 is 17.8 Å². The van der Waals surface area contributed by atoms with Gasteiger partial charge in [0, 0.05) is 24.6 Å². The molecule has 0 bridgehead atoms. The minimum absolute atomic E-state index is 0.00544. The molecule has 0 aliphatic carbocycles. The van der Waals surface area contributed by atoms with Gasteiger partial charge in [0.2, 0.25) is 5.91 Å². The van der Waals surface area contributed by atoms with E-state index in [0.717, 1.165) is 5.56 Å². The van der Waals surface area contributed by atoms with E-state index in [1.54, 1.807) is 32.2 Å². The van der Waals surface area contributed by atoms with Crippen LogP contribution in [0.15, 0.2) is 24.3 Å². The van der Waals surface area contributed by atoms with E-state index in [9.17, 15) is 14.4 Å². The van der Waals surface area contributed by atoms with Crippen molar-refractivity contribution < 1.29 is 19.5 Å². The highest BCUT2D eigenvalue weighted by atomic mass is 16.4. The van der Waals surface area contributed by atoms with Crippen molar-refractivity contribution in [3.05, 3.63) is 35.4 Å². The van der Waals surface area contributed by atoms with Crippen LogP contribution in [0.25, 0.3) is 0 Å². The monoisotopic (exact) mass is 334 g/mol. The Balaban J connectivity index is 2.68. The van der Waals surface area contributed by atoms with Crippen LogP contribution in [0, 0.1) is 5.92 Å². The van der Waals surface area contributed by atoms with Gasteiger partial charge in [0.1, 0.15) is 0 Å². The van der Waals surface area contributed by atoms with Crippen molar-refractivity contribution in [2.45, 2.75) is 45.6 Å². The van der Waals surface area contributed by atoms with Crippen LogP contribution >= 0.6 is 0 Å². The largest absolute Gasteiger partial charge is 0.481 e. The van der Waals surface area contributed by atoms with E-state index in [2.05, 4.69) is 10.6 Å². The molecule has 1 unspecified atom stereocenters. The second kappa shape index (κ2) is 8.47.